The van der Waals surface area contributed by atoms with Crippen LogP contribution in [0.3, 0.4) is 0 Å². The minimum absolute atomic E-state index is 0.0209. The summed E-state index contributed by atoms with van der Waals surface area (Å²) in [6.45, 7) is 1.52. The highest BCUT2D eigenvalue weighted by Gasteiger charge is 2.32. The Morgan fingerprint density at radius 2 is 1.66 bits per heavy atom. The van der Waals surface area contributed by atoms with E-state index in [-0.39, 0.29) is 39.1 Å². The van der Waals surface area contributed by atoms with Crippen molar-refractivity contribution in [3.05, 3.63) is 46.0 Å². The van der Waals surface area contributed by atoms with Gasteiger partial charge in [0.1, 0.15) is 5.56 Å². The second-order valence-corrected chi connectivity index (χ2v) is 7.96. The van der Waals surface area contributed by atoms with Gasteiger partial charge in [-0.15, -0.1) is 0 Å². The zero-order chi connectivity index (χ0) is 21.8. The molecule has 0 aromatic heterocycles. The van der Waals surface area contributed by atoms with Gasteiger partial charge in [-0.1, -0.05) is 6.92 Å². The summed E-state index contributed by atoms with van der Waals surface area (Å²) in [5, 5.41) is 14.1. The average Bonchev–Trinajstić information content (AvgIpc) is 2.71. The molecule has 11 heteroatoms. The Balaban J connectivity index is 2.48. The number of amides is 1. The summed E-state index contributed by atoms with van der Waals surface area (Å²) < 4.78 is 39.1. The van der Waals surface area contributed by atoms with Crippen molar-refractivity contribution in [2.45, 2.75) is 11.8 Å². The van der Waals surface area contributed by atoms with E-state index in [0.29, 0.717) is 0 Å². The van der Waals surface area contributed by atoms with Crippen LogP contribution in [0.25, 0.3) is 0 Å². The standard InChI is InChI=1S/C18H20N2O8S/c1-5-29(24,25)12-8-6-11(7-9-12)19-18(21)13-10-14(26-2)16(27-3)17(28-4)15(13)20(22)23/h6-10H,5H2,1-4H3,(H,19,21). The van der Waals surface area contributed by atoms with Crippen molar-refractivity contribution in [3.8, 4) is 17.2 Å². The molecule has 0 saturated heterocycles. The molecule has 10 nitrogen and oxygen atoms in total. The fraction of sp³-hybridized carbons (Fsp3) is 0.278. The molecule has 2 rings (SSSR count). The first kappa shape index (κ1) is 22.0. The zero-order valence-corrected chi connectivity index (χ0v) is 17.0. The number of benzene rings is 2. The molecule has 0 aliphatic rings. The van der Waals surface area contributed by atoms with Gasteiger partial charge in [-0.2, -0.15) is 0 Å². The molecule has 2 aromatic rings. The summed E-state index contributed by atoms with van der Waals surface area (Å²) in [4.78, 5) is 23.7. The average molecular weight is 424 g/mol. The molecule has 0 spiro atoms. The second kappa shape index (κ2) is 8.78. The number of hydrogen-bond donors (Lipinski definition) is 1. The first-order valence-electron chi connectivity index (χ1n) is 8.31. The Hall–Kier alpha value is -3.34. The van der Waals surface area contributed by atoms with E-state index in [1.54, 1.807) is 0 Å². The van der Waals surface area contributed by atoms with Gasteiger partial charge in [-0.3, -0.25) is 14.9 Å². The van der Waals surface area contributed by atoms with Crippen molar-refractivity contribution in [1.82, 2.24) is 0 Å². The molecule has 0 aliphatic carbocycles. The third-order valence-electron chi connectivity index (χ3n) is 4.08. The number of nitrogens with zero attached hydrogens (tertiary/aromatic N) is 1. The minimum Gasteiger partial charge on any atom is -0.493 e. The molecule has 1 N–H and O–H groups in total. The minimum atomic E-state index is -3.39. The SMILES string of the molecule is CCS(=O)(=O)c1ccc(NC(=O)c2cc(OC)c(OC)c(OC)c2[N+](=O)[O-])cc1. The summed E-state index contributed by atoms with van der Waals surface area (Å²) in [5.74, 6) is -1.07. The topological polar surface area (TPSA) is 134 Å². The van der Waals surface area contributed by atoms with Crippen LogP contribution >= 0.6 is 0 Å². The van der Waals surface area contributed by atoms with Gasteiger partial charge in [0, 0.05) is 11.8 Å². The maximum atomic E-state index is 12.7. The number of hydrogen-bond acceptors (Lipinski definition) is 8. The summed E-state index contributed by atoms with van der Waals surface area (Å²) >= 11 is 0. The quantitative estimate of drug-likeness (QED) is 0.505. The molecular formula is C18H20N2O8S. The Bertz CT molecular complexity index is 1030. The van der Waals surface area contributed by atoms with Crippen LogP contribution in [0.1, 0.15) is 17.3 Å². The number of nitro benzene ring substituents is 1. The fourth-order valence-corrected chi connectivity index (χ4v) is 3.49. The number of anilines is 1. The molecule has 29 heavy (non-hydrogen) atoms. The van der Waals surface area contributed by atoms with E-state index in [1.165, 1.54) is 58.6 Å². The lowest BCUT2D eigenvalue weighted by Crippen LogP contribution is -2.15. The maximum absolute atomic E-state index is 12.7. The molecule has 0 saturated carbocycles. The first-order valence-corrected chi connectivity index (χ1v) is 9.96. The van der Waals surface area contributed by atoms with Crippen molar-refractivity contribution in [1.29, 1.82) is 0 Å². The van der Waals surface area contributed by atoms with E-state index in [0.717, 1.165) is 0 Å². The fourth-order valence-electron chi connectivity index (χ4n) is 2.61. The predicted octanol–water partition coefficient (Wildman–Crippen LogP) is 2.67. The number of carbonyl (C=O) groups excluding carboxylic acids is 1. The van der Waals surface area contributed by atoms with Crippen molar-refractivity contribution in [3.63, 3.8) is 0 Å². The van der Waals surface area contributed by atoms with Crippen molar-refractivity contribution in [2.24, 2.45) is 0 Å². The molecule has 0 atom stereocenters. The molecule has 0 bridgehead atoms. The van der Waals surface area contributed by atoms with E-state index < -0.39 is 26.4 Å². The molecule has 0 radical (unpaired) electrons. The van der Waals surface area contributed by atoms with E-state index in [9.17, 15) is 23.3 Å². The highest BCUT2D eigenvalue weighted by atomic mass is 32.2. The molecule has 0 unspecified atom stereocenters. The van der Waals surface area contributed by atoms with Gasteiger partial charge in [-0.25, -0.2) is 8.42 Å². The van der Waals surface area contributed by atoms with Gasteiger partial charge in [0.2, 0.25) is 11.5 Å². The summed E-state index contributed by atoms with van der Waals surface area (Å²) in [5.41, 5.74) is -0.643. The summed E-state index contributed by atoms with van der Waals surface area (Å²) in [6, 6.07) is 6.65. The Kier molecular flexibility index (Phi) is 6.64. The van der Waals surface area contributed by atoms with Crippen LogP contribution in [0.4, 0.5) is 11.4 Å². The van der Waals surface area contributed by atoms with E-state index in [1.807, 2.05) is 0 Å². The number of sulfone groups is 1. The van der Waals surface area contributed by atoms with E-state index >= 15 is 0 Å². The maximum Gasteiger partial charge on any atom is 0.327 e. The van der Waals surface area contributed by atoms with E-state index in [2.05, 4.69) is 5.32 Å². The first-order chi connectivity index (χ1) is 13.7. The number of ether oxygens (including phenoxy) is 3. The Morgan fingerprint density at radius 3 is 2.10 bits per heavy atom. The van der Waals surface area contributed by atoms with Gasteiger partial charge < -0.3 is 19.5 Å². The number of methoxy groups -OCH3 is 3. The lowest BCUT2D eigenvalue weighted by molar-refractivity contribution is -0.386. The Morgan fingerprint density at radius 1 is 1.07 bits per heavy atom. The van der Waals surface area contributed by atoms with Gasteiger partial charge in [0.25, 0.3) is 5.91 Å². The molecule has 0 fully saturated rings. The van der Waals surface area contributed by atoms with Gasteiger partial charge >= 0.3 is 5.69 Å². The van der Waals surface area contributed by atoms with Crippen LogP contribution in [0.15, 0.2) is 35.2 Å². The second-order valence-electron chi connectivity index (χ2n) is 5.68. The molecule has 0 heterocycles. The molecule has 2 aromatic carbocycles. The third-order valence-corrected chi connectivity index (χ3v) is 5.83. The molecular weight excluding hydrogens is 404 g/mol. The van der Waals surface area contributed by atoms with E-state index in [4.69, 9.17) is 14.2 Å². The van der Waals surface area contributed by atoms with Crippen LogP contribution in [0.5, 0.6) is 17.2 Å². The number of nitro groups is 1. The highest BCUT2D eigenvalue weighted by molar-refractivity contribution is 7.91. The molecule has 0 aliphatic heterocycles. The van der Waals surface area contributed by atoms with Crippen molar-refractivity contribution in [2.75, 3.05) is 32.4 Å². The number of rotatable bonds is 8. The molecule has 1 amide bonds. The molecule has 156 valence electrons. The predicted molar refractivity (Wildman–Crippen MR) is 105 cm³/mol. The largest absolute Gasteiger partial charge is 0.493 e. The van der Waals surface area contributed by atoms with Crippen LogP contribution < -0.4 is 19.5 Å². The monoisotopic (exact) mass is 424 g/mol. The number of nitrogens with one attached hydrogen (secondary N) is 1. The highest BCUT2D eigenvalue weighted by Crippen LogP contribution is 2.46. The van der Waals surface area contributed by atoms with Crippen molar-refractivity contribution < 1.29 is 32.3 Å². The van der Waals surface area contributed by atoms with Crippen LogP contribution in [-0.4, -0.2) is 46.3 Å². The van der Waals surface area contributed by atoms with Gasteiger partial charge in [0.15, 0.2) is 15.6 Å². The summed E-state index contributed by atoms with van der Waals surface area (Å²) in [6.07, 6.45) is 0. The lowest BCUT2D eigenvalue weighted by Gasteiger charge is -2.15. The van der Waals surface area contributed by atoms with Crippen LogP contribution in [0, 0.1) is 10.1 Å². The zero-order valence-electron chi connectivity index (χ0n) is 16.2. The van der Waals surface area contributed by atoms with Gasteiger partial charge in [0.05, 0.1) is 36.9 Å². The number of carbonyl (C=O) groups is 1. The van der Waals surface area contributed by atoms with Crippen molar-refractivity contribution >= 4 is 27.1 Å². The van der Waals surface area contributed by atoms with Crippen LogP contribution in [0.2, 0.25) is 0 Å². The lowest BCUT2D eigenvalue weighted by atomic mass is 10.1. The smallest absolute Gasteiger partial charge is 0.327 e. The van der Waals surface area contributed by atoms with Crippen LogP contribution in [-0.2, 0) is 9.84 Å². The summed E-state index contributed by atoms with van der Waals surface area (Å²) in [7, 11) is 0.424. The normalized spacial score (nSPS) is 10.9. The Labute approximate surface area is 167 Å². The third kappa shape index (κ3) is 4.40. The van der Waals surface area contributed by atoms with Gasteiger partial charge in [-0.05, 0) is 24.3 Å².